The Morgan fingerprint density at radius 1 is 1.25 bits per heavy atom. The molecule has 0 aromatic heterocycles. The van der Waals surface area contributed by atoms with Crippen LogP contribution in [0.1, 0.15) is 11.5 Å². The summed E-state index contributed by atoms with van der Waals surface area (Å²) < 4.78 is 34.2. The minimum Gasteiger partial charge on any atom is -0.454 e. The highest BCUT2D eigenvalue weighted by atomic mass is 32.2. The third-order valence-corrected chi connectivity index (χ3v) is 5.85. The van der Waals surface area contributed by atoms with Gasteiger partial charge in [-0.1, -0.05) is 6.07 Å². The fourth-order valence-electron chi connectivity index (χ4n) is 3.17. The van der Waals surface area contributed by atoms with Crippen LogP contribution in [0.15, 0.2) is 18.2 Å². The van der Waals surface area contributed by atoms with Gasteiger partial charge in [0, 0.05) is 17.6 Å². The maximum atomic E-state index is 11.9. The number of aliphatic hydroxyl groups excluding tert-OH is 2. The van der Waals surface area contributed by atoms with E-state index >= 15 is 0 Å². The first-order chi connectivity index (χ1) is 9.44. The number of aliphatic hydroxyl groups is 2. The van der Waals surface area contributed by atoms with Gasteiger partial charge in [0.15, 0.2) is 21.3 Å². The van der Waals surface area contributed by atoms with Crippen molar-refractivity contribution in [1.29, 1.82) is 0 Å². The van der Waals surface area contributed by atoms with E-state index in [1.807, 2.05) is 0 Å². The van der Waals surface area contributed by atoms with Gasteiger partial charge in [0.05, 0.1) is 18.5 Å². The van der Waals surface area contributed by atoms with Crippen molar-refractivity contribution in [3.05, 3.63) is 23.8 Å². The summed E-state index contributed by atoms with van der Waals surface area (Å²) in [6.45, 7) is -0.606. The summed E-state index contributed by atoms with van der Waals surface area (Å²) in [5.74, 6) is 0.748. The molecule has 0 unspecified atom stereocenters. The van der Waals surface area contributed by atoms with Crippen molar-refractivity contribution in [2.75, 3.05) is 26.3 Å². The SMILES string of the molecule is CS(=O)(=O)[C@@H]1[C@@H](c2ccc3c(c2)OCO3)C1(CO)CO. The van der Waals surface area contributed by atoms with E-state index in [2.05, 4.69) is 0 Å². The van der Waals surface area contributed by atoms with E-state index in [9.17, 15) is 18.6 Å². The molecular formula is C13H16O6S. The fourth-order valence-corrected chi connectivity index (χ4v) is 5.16. The summed E-state index contributed by atoms with van der Waals surface area (Å²) in [4.78, 5) is 0. The third-order valence-electron chi connectivity index (χ3n) is 4.19. The summed E-state index contributed by atoms with van der Waals surface area (Å²) in [6.07, 6.45) is 1.13. The average Bonchev–Trinajstić information content (AvgIpc) is 2.89. The lowest BCUT2D eigenvalue weighted by Crippen LogP contribution is -2.22. The molecule has 2 N–H and O–H groups in total. The topological polar surface area (TPSA) is 93.1 Å². The zero-order valence-corrected chi connectivity index (χ0v) is 11.8. The molecule has 110 valence electrons. The fraction of sp³-hybridized carbons (Fsp3) is 0.538. The lowest BCUT2D eigenvalue weighted by molar-refractivity contribution is 0.130. The largest absolute Gasteiger partial charge is 0.454 e. The average molecular weight is 300 g/mol. The molecule has 0 amide bonds. The number of hydrogen-bond acceptors (Lipinski definition) is 6. The van der Waals surface area contributed by atoms with Gasteiger partial charge in [0.1, 0.15) is 0 Å². The molecule has 6 nitrogen and oxygen atoms in total. The Hall–Kier alpha value is -1.31. The molecule has 1 fully saturated rings. The van der Waals surface area contributed by atoms with Gasteiger partial charge in [-0.05, 0) is 17.7 Å². The Labute approximate surface area is 116 Å². The van der Waals surface area contributed by atoms with Gasteiger partial charge in [0.2, 0.25) is 6.79 Å². The Morgan fingerprint density at radius 2 is 1.90 bits per heavy atom. The van der Waals surface area contributed by atoms with Crippen LogP contribution in [-0.2, 0) is 9.84 Å². The first-order valence-corrected chi connectivity index (χ1v) is 8.19. The van der Waals surface area contributed by atoms with Crippen LogP contribution >= 0.6 is 0 Å². The van der Waals surface area contributed by atoms with Gasteiger partial charge >= 0.3 is 0 Å². The van der Waals surface area contributed by atoms with Crippen molar-refractivity contribution >= 4 is 9.84 Å². The van der Waals surface area contributed by atoms with Crippen LogP contribution in [0.25, 0.3) is 0 Å². The number of ether oxygens (including phenoxy) is 2. The highest BCUT2D eigenvalue weighted by Gasteiger charge is 2.69. The summed E-state index contributed by atoms with van der Waals surface area (Å²) in [5, 5.41) is 18.3. The minimum atomic E-state index is -3.36. The third kappa shape index (κ3) is 1.81. The van der Waals surface area contributed by atoms with Gasteiger partial charge in [-0.2, -0.15) is 0 Å². The molecule has 0 spiro atoms. The van der Waals surface area contributed by atoms with Crippen molar-refractivity contribution in [1.82, 2.24) is 0 Å². The van der Waals surface area contributed by atoms with Gasteiger partial charge in [-0.3, -0.25) is 0 Å². The Morgan fingerprint density at radius 3 is 2.45 bits per heavy atom. The van der Waals surface area contributed by atoms with Crippen LogP contribution < -0.4 is 9.47 Å². The maximum absolute atomic E-state index is 11.9. The van der Waals surface area contributed by atoms with Crippen LogP contribution in [0, 0.1) is 5.41 Å². The van der Waals surface area contributed by atoms with Crippen molar-refractivity contribution in [3.63, 3.8) is 0 Å². The number of hydrogen-bond donors (Lipinski definition) is 2. The van der Waals surface area contributed by atoms with E-state index in [4.69, 9.17) is 9.47 Å². The standard InChI is InChI=1S/C13H16O6S/c1-20(16,17)12-11(13(12,5-14)6-15)8-2-3-9-10(4-8)19-7-18-9/h2-4,11-12,14-15H,5-7H2,1H3/t11-,12-/m1/s1. The molecule has 1 aliphatic carbocycles. The first kappa shape index (κ1) is 13.7. The summed E-state index contributed by atoms with van der Waals surface area (Å²) in [6, 6.07) is 5.19. The molecule has 0 saturated heterocycles. The predicted molar refractivity (Wildman–Crippen MR) is 70.5 cm³/mol. The predicted octanol–water partition coefficient (Wildman–Crippen LogP) is -0.103. The molecule has 20 heavy (non-hydrogen) atoms. The highest BCUT2D eigenvalue weighted by molar-refractivity contribution is 7.91. The molecule has 1 aliphatic heterocycles. The number of fused-ring (bicyclic) bond motifs is 1. The molecule has 0 bridgehead atoms. The lowest BCUT2D eigenvalue weighted by Gasteiger charge is -2.10. The minimum absolute atomic E-state index is 0.143. The molecule has 7 heteroatoms. The summed E-state index contributed by atoms with van der Waals surface area (Å²) >= 11 is 0. The van der Waals surface area contributed by atoms with Crippen molar-refractivity contribution in [3.8, 4) is 11.5 Å². The second kappa shape index (κ2) is 4.34. The zero-order chi connectivity index (χ0) is 14.5. The van der Waals surface area contributed by atoms with Gasteiger partial charge < -0.3 is 19.7 Å². The maximum Gasteiger partial charge on any atom is 0.231 e. The van der Waals surface area contributed by atoms with E-state index in [0.717, 1.165) is 11.8 Å². The van der Waals surface area contributed by atoms with Gasteiger partial charge in [-0.15, -0.1) is 0 Å². The number of benzene rings is 1. The summed E-state index contributed by atoms with van der Waals surface area (Å²) in [5.41, 5.74) is -0.283. The molecule has 2 atom stereocenters. The Bertz CT molecular complexity index is 634. The van der Waals surface area contributed by atoms with Crippen LogP contribution in [-0.4, -0.2) is 50.1 Å². The molecule has 3 rings (SSSR count). The van der Waals surface area contributed by atoms with Crippen LogP contribution in [0.5, 0.6) is 11.5 Å². The normalized spacial score (nSPS) is 26.6. The Kier molecular flexibility index (Phi) is 2.97. The van der Waals surface area contributed by atoms with Crippen LogP contribution in [0.3, 0.4) is 0 Å². The van der Waals surface area contributed by atoms with Crippen molar-refractivity contribution in [2.24, 2.45) is 5.41 Å². The van der Waals surface area contributed by atoms with Crippen molar-refractivity contribution in [2.45, 2.75) is 11.2 Å². The second-order valence-corrected chi connectivity index (χ2v) is 7.56. The van der Waals surface area contributed by atoms with E-state index in [1.54, 1.807) is 18.2 Å². The molecule has 2 aliphatic rings. The Balaban J connectivity index is 2.01. The number of rotatable bonds is 4. The van der Waals surface area contributed by atoms with E-state index in [-0.39, 0.29) is 20.0 Å². The summed E-state index contributed by atoms with van der Waals surface area (Å²) in [7, 11) is -3.36. The molecule has 1 saturated carbocycles. The zero-order valence-electron chi connectivity index (χ0n) is 10.9. The molecular weight excluding hydrogens is 284 g/mol. The van der Waals surface area contributed by atoms with Crippen molar-refractivity contribution < 1.29 is 28.1 Å². The van der Waals surface area contributed by atoms with E-state index < -0.39 is 26.4 Å². The molecule has 0 radical (unpaired) electrons. The lowest BCUT2D eigenvalue weighted by atomic mass is 10.0. The highest BCUT2D eigenvalue weighted by Crippen LogP contribution is 2.62. The second-order valence-electron chi connectivity index (χ2n) is 5.39. The van der Waals surface area contributed by atoms with Crippen LogP contribution in [0.4, 0.5) is 0 Å². The number of sulfone groups is 1. The van der Waals surface area contributed by atoms with Gasteiger partial charge in [0.25, 0.3) is 0 Å². The van der Waals surface area contributed by atoms with Gasteiger partial charge in [-0.25, -0.2) is 8.42 Å². The van der Waals surface area contributed by atoms with Crippen LogP contribution in [0.2, 0.25) is 0 Å². The molecule has 1 aromatic carbocycles. The van der Waals surface area contributed by atoms with E-state index in [1.165, 1.54) is 0 Å². The van der Waals surface area contributed by atoms with E-state index in [0.29, 0.717) is 11.5 Å². The first-order valence-electron chi connectivity index (χ1n) is 6.24. The quantitative estimate of drug-likeness (QED) is 0.806. The smallest absolute Gasteiger partial charge is 0.231 e. The monoisotopic (exact) mass is 300 g/mol. The molecule has 1 heterocycles. The molecule has 1 aromatic rings.